The molecule has 5 rings (SSSR count). The molecule has 28 heavy (non-hydrogen) atoms. The van der Waals surface area contributed by atoms with Crippen molar-refractivity contribution in [1.82, 2.24) is 4.90 Å². The SMILES string of the molecule is CC(=O)c1cc2c(cc1NC(=O)CN1C(=O)[C@@H]3[C@@H](C1=O)[C@H]1C=C[C@@H]3C1)OCO2. The number of likely N-dealkylation sites (tertiary alicyclic amines) is 1. The minimum Gasteiger partial charge on any atom is -0.454 e. The number of imide groups is 1. The number of amides is 3. The Morgan fingerprint density at radius 2 is 1.68 bits per heavy atom. The highest BCUT2D eigenvalue weighted by Gasteiger charge is 2.59. The van der Waals surface area contributed by atoms with Crippen molar-refractivity contribution in [1.29, 1.82) is 0 Å². The van der Waals surface area contributed by atoms with Crippen LogP contribution >= 0.6 is 0 Å². The van der Waals surface area contributed by atoms with Crippen molar-refractivity contribution < 1.29 is 28.7 Å². The number of ketones is 1. The summed E-state index contributed by atoms with van der Waals surface area (Å²) in [5.41, 5.74) is 0.540. The van der Waals surface area contributed by atoms with Crippen molar-refractivity contribution in [2.45, 2.75) is 13.3 Å². The first-order valence-electron chi connectivity index (χ1n) is 9.22. The highest BCUT2D eigenvalue weighted by atomic mass is 16.7. The maximum absolute atomic E-state index is 12.7. The van der Waals surface area contributed by atoms with Gasteiger partial charge in [-0.25, -0.2) is 0 Å². The molecule has 8 nitrogen and oxygen atoms in total. The molecule has 2 fully saturated rings. The molecular weight excluding hydrogens is 364 g/mol. The Bertz CT molecular complexity index is 938. The van der Waals surface area contributed by atoms with Crippen LogP contribution in [-0.2, 0) is 14.4 Å². The van der Waals surface area contributed by atoms with Crippen LogP contribution in [0, 0.1) is 23.7 Å². The lowest BCUT2D eigenvalue weighted by Gasteiger charge is -2.17. The summed E-state index contributed by atoms with van der Waals surface area (Å²) in [6.07, 6.45) is 4.85. The van der Waals surface area contributed by atoms with Crippen molar-refractivity contribution in [2.75, 3.05) is 18.7 Å². The van der Waals surface area contributed by atoms with E-state index in [1.54, 1.807) is 0 Å². The van der Waals surface area contributed by atoms with Gasteiger partial charge >= 0.3 is 0 Å². The van der Waals surface area contributed by atoms with Gasteiger partial charge in [-0.05, 0) is 31.2 Å². The molecule has 1 saturated carbocycles. The summed E-state index contributed by atoms with van der Waals surface area (Å²) in [5, 5.41) is 2.64. The van der Waals surface area contributed by atoms with Gasteiger partial charge in [0.05, 0.1) is 17.5 Å². The number of Topliss-reactive ketones (excluding diaryl/α,β-unsaturated/α-hetero) is 1. The second-order valence-corrected chi connectivity index (χ2v) is 7.62. The van der Waals surface area contributed by atoms with Crippen LogP contribution in [0.2, 0.25) is 0 Å². The van der Waals surface area contributed by atoms with Gasteiger partial charge in [-0.3, -0.25) is 24.1 Å². The minimum absolute atomic E-state index is 0.0417. The fraction of sp³-hybridized carbons (Fsp3) is 0.400. The van der Waals surface area contributed by atoms with E-state index in [1.165, 1.54) is 19.1 Å². The highest BCUT2D eigenvalue weighted by Crippen LogP contribution is 2.52. The lowest BCUT2D eigenvalue weighted by Crippen LogP contribution is -2.39. The standard InChI is InChI=1S/C20H18N2O6/c1-9(23)12-5-14-15(28-8-27-14)6-13(12)21-16(24)7-22-19(25)17-10-2-3-11(4-10)18(17)20(22)26/h2-3,5-6,10-11,17-18H,4,7-8H2,1H3,(H,21,24)/t10-,11+,17-,18-/m0/s1. The average molecular weight is 382 g/mol. The van der Waals surface area contributed by atoms with Gasteiger partial charge in [0.2, 0.25) is 24.5 Å². The topological polar surface area (TPSA) is 102 Å². The Kier molecular flexibility index (Phi) is 3.59. The van der Waals surface area contributed by atoms with Gasteiger partial charge in [0.25, 0.3) is 0 Å². The van der Waals surface area contributed by atoms with Gasteiger partial charge in [-0.2, -0.15) is 0 Å². The van der Waals surface area contributed by atoms with Gasteiger partial charge in [-0.15, -0.1) is 0 Å². The second-order valence-electron chi connectivity index (χ2n) is 7.62. The molecular formula is C20H18N2O6. The molecule has 2 bridgehead atoms. The number of hydrogen-bond acceptors (Lipinski definition) is 6. The van der Waals surface area contributed by atoms with E-state index in [0.29, 0.717) is 11.5 Å². The van der Waals surface area contributed by atoms with Crippen LogP contribution in [-0.4, -0.2) is 41.7 Å². The van der Waals surface area contributed by atoms with Crippen molar-refractivity contribution in [3.63, 3.8) is 0 Å². The average Bonchev–Trinajstić information content (AvgIpc) is 3.41. The number of nitrogens with zero attached hydrogens (tertiary/aromatic N) is 1. The first kappa shape index (κ1) is 17.0. The van der Waals surface area contributed by atoms with Crippen molar-refractivity contribution >= 4 is 29.2 Å². The lowest BCUT2D eigenvalue weighted by atomic mass is 9.85. The first-order valence-corrected chi connectivity index (χ1v) is 9.22. The summed E-state index contributed by atoms with van der Waals surface area (Å²) < 4.78 is 10.6. The largest absolute Gasteiger partial charge is 0.454 e. The number of carbonyl (C=O) groups excluding carboxylic acids is 4. The number of anilines is 1. The van der Waals surface area contributed by atoms with Crippen LogP contribution in [0.15, 0.2) is 24.3 Å². The minimum atomic E-state index is -0.539. The molecule has 2 aliphatic carbocycles. The van der Waals surface area contributed by atoms with Crippen LogP contribution in [0.5, 0.6) is 11.5 Å². The number of rotatable bonds is 4. The number of carbonyl (C=O) groups is 4. The van der Waals surface area contributed by atoms with E-state index in [2.05, 4.69) is 5.32 Å². The number of allylic oxidation sites excluding steroid dienone is 2. The first-order chi connectivity index (χ1) is 13.4. The van der Waals surface area contributed by atoms with Gasteiger partial charge < -0.3 is 14.8 Å². The smallest absolute Gasteiger partial charge is 0.244 e. The van der Waals surface area contributed by atoms with Crippen LogP contribution in [0.4, 0.5) is 5.69 Å². The summed E-state index contributed by atoms with van der Waals surface area (Å²) in [5.74, 6) is -0.978. The Morgan fingerprint density at radius 1 is 1.07 bits per heavy atom. The summed E-state index contributed by atoms with van der Waals surface area (Å²) in [4.78, 5) is 51.0. The van der Waals surface area contributed by atoms with Crippen LogP contribution in [0.1, 0.15) is 23.7 Å². The van der Waals surface area contributed by atoms with E-state index in [1.807, 2.05) is 12.2 Å². The molecule has 0 radical (unpaired) electrons. The molecule has 4 aliphatic rings. The number of ether oxygens (including phenoxy) is 2. The van der Waals surface area contributed by atoms with E-state index >= 15 is 0 Å². The summed E-state index contributed by atoms with van der Waals surface area (Å²) >= 11 is 0. The Balaban J connectivity index is 1.34. The molecule has 0 unspecified atom stereocenters. The summed E-state index contributed by atoms with van der Waals surface area (Å²) in [6, 6.07) is 3.03. The highest BCUT2D eigenvalue weighted by molar-refractivity contribution is 6.10. The summed E-state index contributed by atoms with van der Waals surface area (Å²) in [7, 11) is 0. The van der Waals surface area contributed by atoms with Crippen LogP contribution in [0.3, 0.4) is 0 Å². The molecule has 4 atom stereocenters. The Morgan fingerprint density at radius 3 is 2.29 bits per heavy atom. The van der Waals surface area contributed by atoms with E-state index < -0.39 is 5.91 Å². The molecule has 0 spiro atoms. The zero-order valence-electron chi connectivity index (χ0n) is 15.1. The molecule has 8 heteroatoms. The second kappa shape index (κ2) is 5.92. The normalized spacial score (nSPS) is 28.8. The molecule has 1 N–H and O–H groups in total. The number of nitrogens with one attached hydrogen (secondary N) is 1. The molecule has 1 saturated heterocycles. The monoisotopic (exact) mass is 382 g/mol. The van der Waals surface area contributed by atoms with Crippen LogP contribution < -0.4 is 14.8 Å². The lowest BCUT2D eigenvalue weighted by molar-refractivity contribution is -0.143. The zero-order chi connectivity index (χ0) is 19.6. The quantitative estimate of drug-likeness (QED) is 0.479. The Labute approximate surface area is 160 Å². The fourth-order valence-electron chi connectivity index (χ4n) is 4.79. The Hall–Kier alpha value is -3.16. The molecule has 0 aromatic heterocycles. The third-order valence-electron chi connectivity index (χ3n) is 6.03. The zero-order valence-corrected chi connectivity index (χ0v) is 15.1. The van der Waals surface area contributed by atoms with Crippen LogP contribution in [0.25, 0.3) is 0 Å². The maximum atomic E-state index is 12.7. The van der Waals surface area contributed by atoms with E-state index in [-0.39, 0.29) is 65.9 Å². The number of hydrogen-bond donors (Lipinski definition) is 1. The summed E-state index contributed by atoms with van der Waals surface area (Å²) in [6.45, 7) is 1.06. The third kappa shape index (κ3) is 2.37. The van der Waals surface area contributed by atoms with Crippen molar-refractivity contribution in [3.05, 3.63) is 29.8 Å². The molecule has 2 heterocycles. The van der Waals surface area contributed by atoms with Gasteiger partial charge in [-0.1, -0.05) is 12.2 Å². The number of fused-ring (bicyclic) bond motifs is 6. The van der Waals surface area contributed by atoms with Crippen molar-refractivity contribution in [3.8, 4) is 11.5 Å². The van der Waals surface area contributed by atoms with Gasteiger partial charge in [0.1, 0.15) is 6.54 Å². The molecule has 1 aromatic rings. The van der Waals surface area contributed by atoms with E-state index in [0.717, 1.165) is 11.3 Å². The molecule has 2 aliphatic heterocycles. The number of benzene rings is 1. The molecule has 144 valence electrons. The van der Waals surface area contributed by atoms with Crippen molar-refractivity contribution in [2.24, 2.45) is 23.7 Å². The van der Waals surface area contributed by atoms with E-state index in [9.17, 15) is 19.2 Å². The fourth-order valence-corrected chi connectivity index (χ4v) is 4.79. The predicted octanol–water partition coefficient (Wildman–Crippen LogP) is 1.36. The van der Waals surface area contributed by atoms with Gasteiger partial charge in [0, 0.05) is 11.6 Å². The maximum Gasteiger partial charge on any atom is 0.244 e. The van der Waals surface area contributed by atoms with E-state index in [4.69, 9.17) is 9.47 Å². The molecule has 3 amide bonds. The predicted molar refractivity (Wildman–Crippen MR) is 95.6 cm³/mol. The van der Waals surface area contributed by atoms with Gasteiger partial charge in [0.15, 0.2) is 17.3 Å². The third-order valence-corrected chi connectivity index (χ3v) is 6.03. The molecule has 1 aromatic carbocycles.